The SMILES string of the molecule is c1ccc(-c2ccccc2C(c2ccc3c(c2)-c2ccccc2C32c3ccccc3-c3ccccc32)c2ccc3c4ccccc4c4ccccc4c3c2)cc1. The Balaban J connectivity index is 1.15. The lowest BCUT2D eigenvalue weighted by atomic mass is 9.70. The van der Waals surface area contributed by atoms with Gasteiger partial charge in [0, 0.05) is 5.92 Å². The molecular formula is C56H36. The minimum Gasteiger partial charge on any atom is -0.0622 e. The van der Waals surface area contributed by atoms with Crippen molar-refractivity contribution in [3.8, 4) is 33.4 Å². The molecule has 0 amide bonds. The fourth-order valence-electron chi connectivity index (χ4n) is 10.6. The van der Waals surface area contributed by atoms with Crippen LogP contribution in [0.5, 0.6) is 0 Å². The molecule has 10 aromatic carbocycles. The third kappa shape index (κ3) is 4.24. The van der Waals surface area contributed by atoms with Crippen LogP contribution < -0.4 is 0 Å². The van der Waals surface area contributed by atoms with Gasteiger partial charge < -0.3 is 0 Å². The first kappa shape index (κ1) is 31.3. The Labute approximate surface area is 327 Å². The summed E-state index contributed by atoms with van der Waals surface area (Å²) in [5, 5.41) is 7.78. The van der Waals surface area contributed by atoms with Crippen molar-refractivity contribution in [2.75, 3.05) is 0 Å². The number of hydrogen-bond donors (Lipinski definition) is 0. The Morgan fingerprint density at radius 1 is 0.268 bits per heavy atom. The van der Waals surface area contributed by atoms with E-state index in [9.17, 15) is 0 Å². The molecule has 0 nitrogen and oxygen atoms in total. The van der Waals surface area contributed by atoms with Gasteiger partial charge in [-0.15, -0.1) is 0 Å². The van der Waals surface area contributed by atoms with Gasteiger partial charge in [0.1, 0.15) is 0 Å². The van der Waals surface area contributed by atoms with E-state index in [1.54, 1.807) is 0 Å². The molecule has 56 heavy (non-hydrogen) atoms. The third-order valence-electron chi connectivity index (χ3n) is 12.8. The predicted octanol–water partition coefficient (Wildman–Crippen LogP) is 14.3. The molecule has 2 aliphatic carbocycles. The van der Waals surface area contributed by atoms with E-state index in [-0.39, 0.29) is 11.3 Å². The third-order valence-corrected chi connectivity index (χ3v) is 12.8. The maximum atomic E-state index is 2.53. The summed E-state index contributed by atoms with van der Waals surface area (Å²) in [6.45, 7) is 0. The van der Waals surface area contributed by atoms with Gasteiger partial charge in [0.05, 0.1) is 5.41 Å². The Kier molecular flexibility index (Phi) is 6.71. The van der Waals surface area contributed by atoms with Crippen molar-refractivity contribution in [3.05, 3.63) is 251 Å². The zero-order valence-electron chi connectivity index (χ0n) is 30.8. The van der Waals surface area contributed by atoms with Crippen molar-refractivity contribution in [3.63, 3.8) is 0 Å². The van der Waals surface area contributed by atoms with Crippen molar-refractivity contribution >= 4 is 32.3 Å². The molecule has 260 valence electrons. The minimum atomic E-state index is -0.363. The molecule has 10 aromatic rings. The van der Waals surface area contributed by atoms with Gasteiger partial charge in [0.25, 0.3) is 0 Å². The summed E-state index contributed by atoms with van der Waals surface area (Å²) in [6.07, 6.45) is 0. The van der Waals surface area contributed by atoms with Crippen LogP contribution in [0.3, 0.4) is 0 Å². The van der Waals surface area contributed by atoms with Crippen molar-refractivity contribution < 1.29 is 0 Å². The maximum absolute atomic E-state index is 2.53. The average molecular weight is 709 g/mol. The summed E-state index contributed by atoms with van der Waals surface area (Å²) in [7, 11) is 0. The van der Waals surface area contributed by atoms with E-state index in [0.29, 0.717) is 0 Å². The molecule has 0 saturated carbocycles. The molecule has 0 bridgehead atoms. The van der Waals surface area contributed by atoms with E-state index in [1.807, 2.05) is 0 Å². The molecule has 0 saturated heterocycles. The topological polar surface area (TPSA) is 0 Å². The minimum absolute atomic E-state index is 0.0156. The monoisotopic (exact) mass is 708 g/mol. The van der Waals surface area contributed by atoms with E-state index in [2.05, 4.69) is 212 Å². The molecule has 2 aliphatic rings. The molecule has 0 fully saturated rings. The van der Waals surface area contributed by atoms with Crippen molar-refractivity contribution in [1.29, 1.82) is 0 Å². The van der Waals surface area contributed by atoms with Crippen LogP contribution in [0.4, 0.5) is 0 Å². The second kappa shape index (κ2) is 12.0. The van der Waals surface area contributed by atoms with Crippen molar-refractivity contribution in [2.24, 2.45) is 0 Å². The first-order valence-corrected chi connectivity index (χ1v) is 19.7. The molecule has 0 aliphatic heterocycles. The van der Waals surface area contributed by atoms with Gasteiger partial charge in [0.15, 0.2) is 0 Å². The summed E-state index contributed by atoms with van der Waals surface area (Å²) in [6, 6.07) is 79.7. The zero-order chi connectivity index (χ0) is 36.8. The van der Waals surface area contributed by atoms with Crippen LogP contribution >= 0.6 is 0 Å². The van der Waals surface area contributed by atoms with Gasteiger partial charge in [-0.1, -0.05) is 200 Å². The summed E-state index contributed by atoms with van der Waals surface area (Å²) >= 11 is 0. The molecule has 12 rings (SSSR count). The molecule has 0 radical (unpaired) electrons. The molecule has 0 heteroatoms. The van der Waals surface area contributed by atoms with E-state index < -0.39 is 0 Å². The largest absolute Gasteiger partial charge is 0.0725 e. The Bertz CT molecular complexity index is 3120. The summed E-state index contributed by atoms with van der Waals surface area (Å²) in [5.74, 6) is -0.0156. The van der Waals surface area contributed by atoms with Crippen LogP contribution in [0.25, 0.3) is 65.7 Å². The lowest BCUT2D eigenvalue weighted by Gasteiger charge is -2.30. The summed E-state index contributed by atoms with van der Waals surface area (Å²) in [4.78, 5) is 0. The first-order valence-electron chi connectivity index (χ1n) is 19.7. The number of benzene rings is 10. The molecular weight excluding hydrogens is 673 g/mol. The first-order chi connectivity index (χ1) is 27.8. The van der Waals surface area contributed by atoms with Crippen LogP contribution in [0.15, 0.2) is 212 Å². The van der Waals surface area contributed by atoms with E-state index in [0.717, 1.165) is 0 Å². The van der Waals surface area contributed by atoms with Gasteiger partial charge in [-0.25, -0.2) is 0 Å². The highest BCUT2D eigenvalue weighted by atomic mass is 14.5. The maximum Gasteiger partial charge on any atom is 0.0725 e. The molecule has 0 aromatic heterocycles. The van der Waals surface area contributed by atoms with E-state index >= 15 is 0 Å². The summed E-state index contributed by atoms with van der Waals surface area (Å²) in [5.41, 5.74) is 16.8. The van der Waals surface area contributed by atoms with Crippen LogP contribution in [0.1, 0.15) is 44.9 Å². The Morgan fingerprint density at radius 2 is 0.679 bits per heavy atom. The Morgan fingerprint density at radius 3 is 1.29 bits per heavy atom. The second-order valence-electron chi connectivity index (χ2n) is 15.5. The zero-order valence-corrected chi connectivity index (χ0v) is 30.8. The number of hydrogen-bond acceptors (Lipinski definition) is 0. The number of fused-ring (bicyclic) bond motifs is 16. The second-order valence-corrected chi connectivity index (χ2v) is 15.5. The van der Waals surface area contributed by atoms with Gasteiger partial charge >= 0.3 is 0 Å². The van der Waals surface area contributed by atoms with Crippen molar-refractivity contribution in [2.45, 2.75) is 11.3 Å². The van der Waals surface area contributed by atoms with Gasteiger partial charge in [-0.05, 0) is 117 Å². The number of rotatable bonds is 4. The van der Waals surface area contributed by atoms with Gasteiger partial charge in [-0.3, -0.25) is 0 Å². The summed E-state index contributed by atoms with van der Waals surface area (Å²) < 4.78 is 0. The molecule has 1 unspecified atom stereocenters. The fraction of sp³-hybridized carbons (Fsp3) is 0.0357. The fourth-order valence-corrected chi connectivity index (χ4v) is 10.6. The molecule has 0 heterocycles. The van der Waals surface area contributed by atoms with Crippen LogP contribution in [0.2, 0.25) is 0 Å². The van der Waals surface area contributed by atoms with Crippen molar-refractivity contribution in [1.82, 2.24) is 0 Å². The standard InChI is InChI=1S/C56H36/c1-2-16-36(17-3-1)39-18-4-9-26-48(39)55(37-30-32-44-42-21-6-5-19-40(42)41-20-7-8-22-43(41)49(44)34-37)38-31-33-54-50(35-38)47-25-12-15-29-53(47)56(54)51-27-13-10-23-45(51)46-24-11-14-28-52(46)56/h1-35,55H. The van der Waals surface area contributed by atoms with Crippen LogP contribution in [-0.4, -0.2) is 0 Å². The van der Waals surface area contributed by atoms with E-state index in [1.165, 1.54) is 105 Å². The van der Waals surface area contributed by atoms with Crippen LogP contribution in [-0.2, 0) is 5.41 Å². The smallest absolute Gasteiger partial charge is 0.0622 e. The molecule has 0 N–H and O–H groups in total. The van der Waals surface area contributed by atoms with Gasteiger partial charge in [-0.2, -0.15) is 0 Å². The van der Waals surface area contributed by atoms with Gasteiger partial charge in [0.2, 0.25) is 0 Å². The lowest BCUT2D eigenvalue weighted by molar-refractivity contribution is 0.792. The highest BCUT2D eigenvalue weighted by Crippen LogP contribution is 2.63. The highest BCUT2D eigenvalue weighted by molar-refractivity contribution is 6.25. The highest BCUT2D eigenvalue weighted by Gasteiger charge is 2.51. The average Bonchev–Trinajstić information content (AvgIpc) is 3.74. The molecule has 1 spiro atoms. The normalized spacial score (nSPS) is 13.8. The lowest BCUT2D eigenvalue weighted by Crippen LogP contribution is -2.25. The predicted molar refractivity (Wildman–Crippen MR) is 235 cm³/mol. The Hall–Kier alpha value is -7.02. The molecule has 1 atom stereocenters. The van der Waals surface area contributed by atoms with E-state index in [4.69, 9.17) is 0 Å². The quantitative estimate of drug-likeness (QED) is 0.126. The van der Waals surface area contributed by atoms with Crippen LogP contribution in [0, 0.1) is 0 Å².